The van der Waals surface area contributed by atoms with Crippen LogP contribution in [-0.2, 0) is 10.1 Å². The summed E-state index contributed by atoms with van der Waals surface area (Å²) in [6.45, 7) is 0. The number of nitrogen functional groups attached to an aromatic ring is 1. The smallest absolute Gasteiger partial charge is 0.295 e. The molecule has 2 aromatic carbocycles. The Balaban J connectivity index is 2.12. The number of rotatable bonds is 4. The SMILES string of the molecule is COc1ccc(/N=N/c2cc(S(=O)(=O)O)c3ccccc3c2N)cn1. The molecule has 8 nitrogen and oxygen atoms in total. The standard InChI is InChI=1S/C16H14N4O4S/c1-24-15-7-6-10(9-18-15)19-20-13-8-14(25(21,22)23)11-4-2-3-5-12(11)16(13)17/h2-9H,17H2,1H3,(H,21,22,23)/b20-19+. The number of methoxy groups -OCH3 is 1. The summed E-state index contributed by atoms with van der Waals surface area (Å²) < 4.78 is 37.8. The number of nitrogens with zero attached hydrogens (tertiary/aromatic N) is 3. The van der Waals surface area contributed by atoms with Gasteiger partial charge < -0.3 is 10.5 Å². The van der Waals surface area contributed by atoms with Gasteiger partial charge in [-0.2, -0.15) is 8.42 Å². The normalized spacial score (nSPS) is 11.9. The van der Waals surface area contributed by atoms with Gasteiger partial charge >= 0.3 is 0 Å². The van der Waals surface area contributed by atoms with Crippen LogP contribution >= 0.6 is 0 Å². The van der Waals surface area contributed by atoms with Crippen LogP contribution in [-0.4, -0.2) is 25.1 Å². The number of anilines is 1. The van der Waals surface area contributed by atoms with E-state index in [4.69, 9.17) is 10.5 Å². The summed E-state index contributed by atoms with van der Waals surface area (Å²) in [7, 11) is -2.95. The number of azo groups is 1. The summed E-state index contributed by atoms with van der Waals surface area (Å²) in [5.74, 6) is 0.429. The molecular weight excluding hydrogens is 344 g/mol. The van der Waals surface area contributed by atoms with Gasteiger partial charge in [0.05, 0.1) is 19.0 Å². The lowest BCUT2D eigenvalue weighted by molar-refractivity contribution is 0.398. The molecule has 3 aromatic rings. The number of aromatic nitrogens is 1. The monoisotopic (exact) mass is 358 g/mol. The number of ether oxygens (including phenoxy) is 1. The molecule has 3 rings (SSSR count). The first kappa shape index (κ1) is 16.8. The summed E-state index contributed by atoms with van der Waals surface area (Å²) in [4.78, 5) is 3.72. The molecule has 128 valence electrons. The van der Waals surface area contributed by atoms with Crippen molar-refractivity contribution >= 4 is 38.0 Å². The van der Waals surface area contributed by atoms with Crippen LogP contribution in [0.1, 0.15) is 0 Å². The summed E-state index contributed by atoms with van der Waals surface area (Å²) in [6.07, 6.45) is 1.45. The van der Waals surface area contributed by atoms with Gasteiger partial charge in [0.2, 0.25) is 5.88 Å². The van der Waals surface area contributed by atoms with E-state index in [1.54, 1.807) is 36.4 Å². The fraction of sp³-hybridized carbons (Fsp3) is 0.0625. The quantitative estimate of drug-likeness (QED) is 0.417. The molecule has 0 aliphatic rings. The molecule has 0 unspecified atom stereocenters. The zero-order valence-corrected chi connectivity index (χ0v) is 13.9. The van der Waals surface area contributed by atoms with Crippen molar-refractivity contribution in [3.8, 4) is 5.88 Å². The minimum atomic E-state index is -4.45. The van der Waals surface area contributed by atoms with E-state index in [2.05, 4.69) is 15.2 Å². The minimum Gasteiger partial charge on any atom is -0.481 e. The number of benzene rings is 2. The molecular formula is C16H14N4O4S. The maximum absolute atomic E-state index is 11.7. The van der Waals surface area contributed by atoms with Crippen LogP contribution in [0.5, 0.6) is 5.88 Å². The van der Waals surface area contributed by atoms with Gasteiger partial charge in [-0.1, -0.05) is 24.3 Å². The summed E-state index contributed by atoms with van der Waals surface area (Å²) in [5, 5.41) is 8.76. The minimum absolute atomic E-state index is 0.127. The molecule has 0 saturated heterocycles. The summed E-state index contributed by atoms with van der Waals surface area (Å²) in [6, 6.07) is 11.0. The summed E-state index contributed by atoms with van der Waals surface area (Å²) >= 11 is 0. The lowest BCUT2D eigenvalue weighted by Gasteiger charge is -2.09. The second-order valence-corrected chi connectivity index (χ2v) is 6.48. The summed E-state index contributed by atoms with van der Waals surface area (Å²) in [5.41, 5.74) is 6.89. The van der Waals surface area contributed by atoms with Gasteiger partial charge in [0.1, 0.15) is 16.3 Å². The Bertz CT molecular complexity index is 1060. The van der Waals surface area contributed by atoms with E-state index in [0.717, 1.165) is 0 Å². The average Bonchev–Trinajstić information content (AvgIpc) is 2.61. The number of pyridine rings is 1. The molecule has 0 amide bonds. The van der Waals surface area contributed by atoms with E-state index in [9.17, 15) is 13.0 Å². The number of nitrogens with two attached hydrogens (primary N) is 1. The first-order valence-electron chi connectivity index (χ1n) is 7.10. The van der Waals surface area contributed by atoms with Crippen LogP contribution in [0.3, 0.4) is 0 Å². The predicted octanol–water partition coefficient (Wildman–Crippen LogP) is 3.49. The van der Waals surface area contributed by atoms with Crippen molar-refractivity contribution in [2.75, 3.05) is 12.8 Å². The van der Waals surface area contributed by atoms with E-state index in [1.807, 2.05) is 0 Å². The maximum Gasteiger partial charge on any atom is 0.295 e. The van der Waals surface area contributed by atoms with E-state index in [1.165, 1.54) is 19.4 Å². The molecule has 0 radical (unpaired) electrons. The van der Waals surface area contributed by atoms with Gasteiger partial charge in [-0.05, 0) is 12.1 Å². The largest absolute Gasteiger partial charge is 0.481 e. The lowest BCUT2D eigenvalue weighted by atomic mass is 10.1. The van der Waals surface area contributed by atoms with Gasteiger partial charge in [0, 0.05) is 16.8 Å². The van der Waals surface area contributed by atoms with Crippen molar-refractivity contribution in [3.63, 3.8) is 0 Å². The molecule has 0 saturated carbocycles. The van der Waals surface area contributed by atoms with Crippen LogP contribution in [0.15, 0.2) is 63.8 Å². The Morgan fingerprint density at radius 1 is 1.12 bits per heavy atom. The molecule has 1 heterocycles. The first-order valence-corrected chi connectivity index (χ1v) is 8.54. The third-order valence-corrected chi connectivity index (χ3v) is 4.40. The van der Waals surface area contributed by atoms with Crippen molar-refractivity contribution in [1.82, 2.24) is 4.98 Å². The van der Waals surface area contributed by atoms with Crippen LogP contribution in [0.4, 0.5) is 17.1 Å². The molecule has 0 bridgehead atoms. The van der Waals surface area contributed by atoms with Crippen LogP contribution in [0.2, 0.25) is 0 Å². The van der Waals surface area contributed by atoms with Gasteiger partial charge in [0.25, 0.3) is 10.1 Å². The van der Waals surface area contributed by atoms with Crippen molar-refractivity contribution in [2.45, 2.75) is 4.90 Å². The highest BCUT2D eigenvalue weighted by Crippen LogP contribution is 2.36. The average molecular weight is 358 g/mol. The zero-order valence-electron chi connectivity index (χ0n) is 13.1. The third kappa shape index (κ3) is 3.42. The highest BCUT2D eigenvalue weighted by atomic mass is 32.2. The fourth-order valence-electron chi connectivity index (χ4n) is 2.31. The highest BCUT2D eigenvalue weighted by molar-refractivity contribution is 7.86. The predicted molar refractivity (Wildman–Crippen MR) is 93.1 cm³/mol. The lowest BCUT2D eigenvalue weighted by Crippen LogP contribution is -2.01. The van der Waals surface area contributed by atoms with Gasteiger partial charge in [0.15, 0.2) is 0 Å². The second-order valence-electron chi connectivity index (χ2n) is 5.09. The molecule has 9 heteroatoms. The molecule has 0 aliphatic carbocycles. The molecule has 0 fully saturated rings. The molecule has 0 atom stereocenters. The Kier molecular flexibility index (Phi) is 4.34. The Morgan fingerprint density at radius 3 is 2.44 bits per heavy atom. The third-order valence-electron chi connectivity index (χ3n) is 3.51. The van der Waals surface area contributed by atoms with E-state index in [0.29, 0.717) is 22.3 Å². The Labute approximate surface area is 143 Å². The molecule has 25 heavy (non-hydrogen) atoms. The Hall–Kier alpha value is -3.04. The van der Waals surface area contributed by atoms with Crippen LogP contribution < -0.4 is 10.5 Å². The number of hydrogen-bond donors (Lipinski definition) is 2. The van der Waals surface area contributed by atoms with E-state index < -0.39 is 10.1 Å². The zero-order chi connectivity index (χ0) is 18.0. The van der Waals surface area contributed by atoms with Crippen molar-refractivity contribution in [3.05, 3.63) is 48.7 Å². The second kappa shape index (κ2) is 6.46. The topological polar surface area (TPSA) is 127 Å². The van der Waals surface area contributed by atoms with Crippen LogP contribution in [0, 0.1) is 0 Å². The molecule has 0 spiro atoms. The van der Waals surface area contributed by atoms with Crippen molar-refractivity contribution in [2.24, 2.45) is 10.2 Å². The van der Waals surface area contributed by atoms with Gasteiger partial charge in [-0.3, -0.25) is 4.55 Å². The van der Waals surface area contributed by atoms with Gasteiger partial charge in [-0.25, -0.2) is 4.98 Å². The van der Waals surface area contributed by atoms with E-state index >= 15 is 0 Å². The van der Waals surface area contributed by atoms with Crippen molar-refractivity contribution < 1.29 is 17.7 Å². The van der Waals surface area contributed by atoms with Crippen LogP contribution in [0.25, 0.3) is 10.8 Å². The Morgan fingerprint density at radius 2 is 1.84 bits per heavy atom. The van der Waals surface area contributed by atoms with Crippen molar-refractivity contribution in [1.29, 1.82) is 0 Å². The molecule has 1 aromatic heterocycles. The maximum atomic E-state index is 11.7. The van der Waals surface area contributed by atoms with E-state index in [-0.39, 0.29) is 16.3 Å². The fourth-order valence-corrected chi connectivity index (χ4v) is 3.03. The molecule has 0 aliphatic heterocycles. The van der Waals surface area contributed by atoms with Gasteiger partial charge in [-0.15, -0.1) is 10.2 Å². The first-order chi connectivity index (χ1) is 11.9. The highest BCUT2D eigenvalue weighted by Gasteiger charge is 2.18. The molecule has 3 N–H and O–H groups in total. The number of fused-ring (bicyclic) bond motifs is 1. The number of hydrogen-bond acceptors (Lipinski definition) is 7.